The van der Waals surface area contributed by atoms with E-state index in [1.807, 2.05) is 79.7 Å². The highest BCUT2D eigenvalue weighted by molar-refractivity contribution is 6.33. The molecular weight excluding hydrogens is 470 g/mol. The van der Waals surface area contributed by atoms with Gasteiger partial charge in [0.25, 0.3) is 0 Å². The number of carbonyl (C=O) groups excluding carboxylic acids is 2. The fourth-order valence-corrected chi connectivity index (χ4v) is 4.32. The number of halogens is 1. The molecule has 4 nitrogen and oxygen atoms in total. The van der Waals surface area contributed by atoms with E-state index in [2.05, 4.69) is 0 Å². The number of hydrogen-bond donors (Lipinski definition) is 0. The molecule has 1 atom stereocenters. The zero-order chi connectivity index (χ0) is 25.1. The van der Waals surface area contributed by atoms with Crippen molar-refractivity contribution >= 4 is 34.3 Å². The summed E-state index contributed by atoms with van der Waals surface area (Å²) >= 11 is 6.43. The van der Waals surface area contributed by atoms with E-state index in [-0.39, 0.29) is 5.78 Å². The Morgan fingerprint density at radius 1 is 0.806 bits per heavy atom. The van der Waals surface area contributed by atoms with E-state index in [9.17, 15) is 9.59 Å². The number of esters is 1. The molecule has 0 aliphatic carbocycles. The third-order valence-corrected chi connectivity index (χ3v) is 6.32. The summed E-state index contributed by atoms with van der Waals surface area (Å²) in [6, 6.07) is 32.6. The fourth-order valence-electron chi connectivity index (χ4n) is 4.09. The summed E-state index contributed by atoms with van der Waals surface area (Å²) in [5, 5.41) is 1.16. The Morgan fingerprint density at radius 3 is 2.22 bits per heavy atom. The van der Waals surface area contributed by atoms with Gasteiger partial charge in [0.15, 0.2) is 6.10 Å². The third kappa shape index (κ3) is 4.77. The van der Waals surface area contributed by atoms with E-state index in [0.29, 0.717) is 43.9 Å². The molecule has 5 aromatic rings. The van der Waals surface area contributed by atoms with Gasteiger partial charge in [-0.2, -0.15) is 0 Å². The normalized spacial score (nSPS) is 11.7. The predicted molar refractivity (Wildman–Crippen MR) is 142 cm³/mol. The number of hydrogen-bond acceptors (Lipinski definition) is 4. The topological polar surface area (TPSA) is 56.3 Å². The number of fused-ring (bicyclic) bond motifs is 1. The molecule has 36 heavy (non-hydrogen) atoms. The second-order valence-corrected chi connectivity index (χ2v) is 8.89. The molecule has 0 saturated carbocycles. The van der Waals surface area contributed by atoms with Gasteiger partial charge in [0.05, 0.1) is 16.8 Å². The number of nitrogens with zero attached hydrogens (tertiary/aromatic N) is 1. The van der Waals surface area contributed by atoms with Crippen molar-refractivity contribution in [3.05, 3.63) is 136 Å². The molecule has 1 aromatic heterocycles. The average molecular weight is 492 g/mol. The molecule has 0 saturated heterocycles. The summed E-state index contributed by atoms with van der Waals surface area (Å²) in [6.45, 7) is 1.95. The van der Waals surface area contributed by atoms with Crippen molar-refractivity contribution in [3.63, 3.8) is 0 Å². The number of ketones is 1. The second-order valence-electron chi connectivity index (χ2n) is 8.48. The Labute approximate surface area is 214 Å². The zero-order valence-electron chi connectivity index (χ0n) is 19.5. The summed E-state index contributed by atoms with van der Waals surface area (Å²) in [6.07, 6.45) is -1.10. The van der Waals surface area contributed by atoms with Crippen molar-refractivity contribution < 1.29 is 14.3 Å². The summed E-state index contributed by atoms with van der Waals surface area (Å²) in [5.41, 5.74) is 4.30. The maximum absolute atomic E-state index is 13.7. The average Bonchev–Trinajstić information content (AvgIpc) is 2.92. The Bertz CT molecular complexity index is 1560. The third-order valence-electron chi connectivity index (χ3n) is 5.99. The van der Waals surface area contributed by atoms with Gasteiger partial charge in [0, 0.05) is 27.1 Å². The lowest BCUT2D eigenvalue weighted by Gasteiger charge is -2.19. The zero-order valence-corrected chi connectivity index (χ0v) is 20.3. The molecule has 0 radical (unpaired) electrons. The van der Waals surface area contributed by atoms with E-state index in [1.165, 1.54) is 0 Å². The molecule has 5 heteroatoms. The lowest BCUT2D eigenvalue weighted by atomic mass is 9.98. The van der Waals surface area contributed by atoms with Crippen LogP contribution in [0.25, 0.3) is 22.2 Å². The van der Waals surface area contributed by atoms with Gasteiger partial charge in [0.1, 0.15) is 0 Å². The standard InChI is InChI=1S/C31H22ClNO3/c1-20-15-17-21(18-16-20)29(34)30(22-9-3-2-4-10-22)36-31(35)25-19-28(24-12-5-7-13-26(24)32)33-27-14-8-6-11-23(25)27/h2-19,30H,1H3/t30-/m0/s1. The predicted octanol–water partition coefficient (Wildman–Crippen LogP) is 7.64. The highest BCUT2D eigenvalue weighted by Gasteiger charge is 2.28. The van der Waals surface area contributed by atoms with Gasteiger partial charge in [-0.3, -0.25) is 4.79 Å². The van der Waals surface area contributed by atoms with Crippen LogP contribution in [0.2, 0.25) is 5.02 Å². The molecule has 4 aromatic carbocycles. The molecular formula is C31H22ClNO3. The number of ether oxygens (including phenoxy) is 1. The lowest BCUT2D eigenvalue weighted by molar-refractivity contribution is 0.0282. The molecule has 0 fully saturated rings. The summed E-state index contributed by atoms with van der Waals surface area (Å²) in [7, 11) is 0. The van der Waals surface area contributed by atoms with Crippen LogP contribution in [0.15, 0.2) is 109 Å². The largest absolute Gasteiger partial charge is 0.445 e. The minimum Gasteiger partial charge on any atom is -0.445 e. The van der Waals surface area contributed by atoms with Crippen LogP contribution in [-0.4, -0.2) is 16.7 Å². The molecule has 0 aliphatic heterocycles. The Kier molecular flexibility index (Phi) is 6.61. The van der Waals surface area contributed by atoms with Crippen molar-refractivity contribution in [1.29, 1.82) is 0 Å². The van der Waals surface area contributed by atoms with Crippen molar-refractivity contribution in [1.82, 2.24) is 4.98 Å². The van der Waals surface area contributed by atoms with Crippen LogP contribution in [0.5, 0.6) is 0 Å². The minimum absolute atomic E-state index is 0.292. The molecule has 0 aliphatic rings. The molecule has 0 N–H and O–H groups in total. The number of Topliss-reactive ketones (excluding diaryl/α,β-unsaturated/α-hetero) is 1. The number of rotatable bonds is 6. The highest BCUT2D eigenvalue weighted by atomic mass is 35.5. The second kappa shape index (κ2) is 10.1. The maximum atomic E-state index is 13.7. The van der Waals surface area contributed by atoms with E-state index in [1.54, 1.807) is 36.4 Å². The van der Waals surface area contributed by atoms with Crippen molar-refractivity contribution in [2.75, 3.05) is 0 Å². The van der Waals surface area contributed by atoms with Gasteiger partial charge in [-0.1, -0.05) is 108 Å². The minimum atomic E-state index is -1.10. The maximum Gasteiger partial charge on any atom is 0.339 e. The molecule has 1 heterocycles. The number of carbonyl (C=O) groups is 2. The smallest absolute Gasteiger partial charge is 0.339 e. The molecule has 0 amide bonds. The van der Waals surface area contributed by atoms with Crippen LogP contribution in [0.4, 0.5) is 0 Å². The number of aromatic nitrogens is 1. The number of aryl methyl sites for hydroxylation is 1. The molecule has 176 valence electrons. The summed E-state index contributed by atoms with van der Waals surface area (Å²) in [5.74, 6) is -0.907. The van der Waals surface area contributed by atoms with Crippen LogP contribution in [0.3, 0.4) is 0 Å². The van der Waals surface area contributed by atoms with E-state index in [0.717, 1.165) is 5.56 Å². The van der Waals surface area contributed by atoms with E-state index >= 15 is 0 Å². The Hall–Kier alpha value is -4.28. The fraction of sp³-hybridized carbons (Fsp3) is 0.0645. The first-order valence-electron chi connectivity index (χ1n) is 11.5. The van der Waals surface area contributed by atoms with Gasteiger partial charge in [-0.05, 0) is 25.1 Å². The molecule has 0 spiro atoms. The van der Waals surface area contributed by atoms with Gasteiger partial charge in [-0.25, -0.2) is 9.78 Å². The summed E-state index contributed by atoms with van der Waals surface area (Å²) < 4.78 is 5.95. The van der Waals surface area contributed by atoms with Gasteiger partial charge >= 0.3 is 5.97 Å². The van der Waals surface area contributed by atoms with Crippen LogP contribution < -0.4 is 0 Å². The van der Waals surface area contributed by atoms with E-state index in [4.69, 9.17) is 21.3 Å². The van der Waals surface area contributed by atoms with Crippen molar-refractivity contribution in [2.24, 2.45) is 0 Å². The first-order chi connectivity index (χ1) is 17.5. The summed E-state index contributed by atoms with van der Waals surface area (Å²) in [4.78, 5) is 31.9. The number of para-hydroxylation sites is 1. The lowest BCUT2D eigenvalue weighted by Crippen LogP contribution is -2.20. The van der Waals surface area contributed by atoms with E-state index < -0.39 is 12.1 Å². The quantitative estimate of drug-likeness (QED) is 0.181. The van der Waals surface area contributed by atoms with Crippen LogP contribution >= 0.6 is 11.6 Å². The SMILES string of the molecule is Cc1ccc(C(=O)[C@@H](OC(=O)c2cc(-c3ccccc3Cl)nc3ccccc23)c2ccccc2)cc1. The highest BCUT2D eigenvalue weighted by Crippen LogP contribution is 2.31. The van der Waals surface area contributed by atoms with Crippen LogP contribution in [0.1, 0.15) is 37.9 Å². The van der Waals surface area contributed by atoms with Crippen molar-refractivity contribution in [2.45, 2.75) is 13.0 Å². The van der Waals surface area contributed by atoms with Gasteiger partial charge < -0.3 is 4.74 Å². The molecule has 5 rings (SSSR count). The van der Waals surface area contributed by atoms with Gasteiger partial charge in [0.2, 0.25) is 5.78 Å². The monoisotopic (exact) mass is 491 g/mol. The number of pyridine rings is 1. The Balaban J connectivity index is 1.58. The molecule has 0 unspecified atom stereocenters. The first-order valence-corrected chi connectivity index (χ1v) is 11.9. The van der Waals surface area contributed by atoms with Crippen molar-refractivity contribution in [3.8, 4) is 11.3 Å². The van der Waals surface area contributed by atoms with Crippen LogP contribution in [0, 0.1) is 6.92 Å². The Morgan fingerprint density at radius 2 is 1.47 bits per heavy atom. The van der Waals surface area contributed by atoms with Gasteiger partial charge in [-0.15, -0.1) is 0 Å². The first kappa shape index (κ1) is 23.5. The van der Waals surface area contributed by atoms with Crippen LogP contribution in [-0.2, 0) is 4.74 Å². The number of benzene rings is 4. The molecule has 0 bridgehead atoms.